The fraction of sp³-hybridized carbons (Fsp3) is 0.478. The molecule has 1 aliphatic heterocycles. The van der Waals surface area contributed by atoms with Gasteiger partial charge in [0.1, 0.15) is 5.75 Å². The van der Waals surface area contributed by atoms with Crippen LogP contribution in [0.4, 0.5) is 0 Å². The van der Waals surface area contributed by atoms with Crippen molar-refractivity contribution in [2.45, 2.75) is 50.5 Å². The van der Waals surface area contributed by atoms with E-state index < -0.39 is 0 Å². The highest BCUT2D eigenvalue weighted by Gasteiger charge is 2.40. The van der Waals surface area contributed by atoms with Gasteiger partial charge in [-0.3, -0.25) is 4.90 Å². The zero-order chi connectivity index (χ0) is 17.1. The molecule has 1 unspecified atom stereocenters. The Morgan fingerprint density at radius 3 is 2.72 bits per heavy atom. The minimum Gasteiger partial charge on any atom is -0.497 e. The van der Waals surface area contributed by atoms with Crippen LogP contribution in [0.15, 0.2) is 48.5 Å². The summed E-state index contributed by atoms with van der Waals surface area (Å²) in [6.45, 7) is 2.45. The number of methoxy groups -OCH3 is 1. The van der Waals surface area contributed by atoms with Gasteiger partial charge in [0, 0.05) is 12.1 Å². The fourth-order valence-electron chi connectivity index (χ4n) is 4.84. The minimum absolute atomic E-state index is 0.384. The van der Waals surface area contributed by atoms with Crippen LogP contribution in [0.3, 0.4) is 0 Å². The van der Waals surface area contributed by atoms with E-state index in [-0.39, 0.29) is 0 Å². The van der Waals surface area contributed by atoms with Gasteiger partial charge in [0.2, 0.25) is 0 Å². The van der Waals surface area contributed by atoms with Crippen LogP contribution in [0.2, 0.25) is 0 Å². The van der Waals surface area contributed by atoms with E-state index in [0.29, 0.717) is 5.54 Å². The van der Waals surface area contributed by atoms with Crippen LogP contribution in [-0.2, 0) is 19.3 Å². The molecule has 2 aliphatic rings. The molecule has 0 N–H and O–H groups in total. The average Bonchev–Trinajstić information content (AvgIpc) is 2.68. The van der Waals surface area contributed by atoms with E-state index in [1.807, 2.05) is 0 Å². The van der Waals surface area contributed by atoms with Gasteiger partial charge in [-0.05, 0) is 73.9 Å². The Bertz CT molecular complexity index is 711. The van der Waals surface area contributed by atoms with Gasteiger partial charge in [0.05, 0.1) is 7.11 Å². The second-order valence-electron chi connectivity index (χ2n) is 7.72. The number of aryl methyl sites for hydroxylation is 1. The molecule has 0 aromatic heterocycles. The van der Waals surface area contributed by atoms with Gasteiger partial charge in [0.15, 0.2) is 0 Å². The lowest BCUT2D eigenvalue weighted by Gasteiger charge is -2.50. The molecule has 1 atom stereocenters. The molecule has 0 bridgehead atoms. The van der Waals surface area contributed by atoms with Crippen LogP contribution in [0, 0.1) is 0 Å². The van der Waals surface area contributed by atoms with Crippen molar-refractivity contribution in [1.29, 1.82) is 0 Å². The van der Waals surface area contributed by atoms with Crippen molar-refractivity contribution in [3.8, 4) is 5.75 Å². The number of piperidine rings is 1. The molecule has 1 aliphatic carbocycles. The number of benzene rings is 2. The number of rotatable bonds is 4. The summed E-state index contributed by atoms with van der Waals surface area (Å²) in [4.78, 5) is 2.82. The van der Waals surface area contributed by atoms with Crippen LogP contribution in [0.1, 0.15) is 42.4 Å². The smallest absolute Gasteiger partial charge is 0.119 e. The number of likely N-dealkylation sites (tertiary alicyclic amines) is 1. The molecule has 1 heterocycles. The van der Waals surface area contributed by atoms with Gasteiger partial charge in [-0.1, -0.05) is 42.8 Å². The average molecular weight is 335 g/mol. The highest BCUT2D eigenvalue weighted by atomic mass is 16.5. The van der Waals surface area contributed by atoms with E-state index in [9.17, 15) is 0 Å². The summed E-state index contributed by atoms with van der Waals surface area (Å²) in [5.41, 5.74) is 4.88. The summed E-state index contributed by atoms with van der Waals surface area (Å²) in [6, 6.07) is 17.6. The van der Waals surface area contributed by atoms with E-state index in [1.54, 1.807) is 12.7 Å². The second-order valence-corrected chi connectivity index (χ2v) is 7.72. The largest absolute Gasteiger partial charge is 0.497 e. The standard InChI is InChI=1S/C23H29NO/c1-25-22-10-9-21-18-23(14-11-20(21)17-22)13-5-6-15-24(23)16-12-19-7-3-2-4-8-19/h2-4,7-10,17H,5-6,11-16,18H2,1H3. The third-order valence-electron chi connectivity index (χ3n) is 6.30. The Morgan fingerprint density at radius 2 is 1.88 bits per heavy atom. The highest BCUT2D eigenvalue weighted by Crippen LogP contribution is 2.40. The van der Waals surface area contributed by atoms with Gasteiger partial charge in [-0.2, -0.15) is 0 Å². The van der Waals surface area contributed by atoms with Crippen molar-refractivity contribution in [3.05, 3.63) is 65.2 Å². The number of hydrogen-bond acceptors (Lipinski definition) is 2. The summed E-state index contributed by atoms with van der Waals surface area (Å²) in [5, 5.41) is 0. The first-order valence-electron chi connectivity index (χ1n) is 9.74. The van der Waals surface area contributed by atoms with Crippen molar-refractivity contribution < 1.29 is 4.74 Å². The van der Waals surface area contributed by atoms with Crippen LogP contribution >= 0.6 is 0 Å². The molecule has 25 heavy (non-hydrogen) atoms. The van der Waals surface area contributed by atoms with Crippen LogP contribution in [0.25, 0.3) is 0 Å². The van der Waals surface area contributed by atoms with E-state index in [1.165, 1.54) is 62.7 Å². The van der Waals surface area contributed by atoms with Crippen molar-refractivity contribution in [2.24, 2.45) is 0 Å². The maximum absolute atomic E-state index is 5.42. The fourth-order valence-corrected chi connectivity index (χ4v) is 4.84. The predicted molar refractivity (Wildman–Crippen MR) is 103 cm³/mol. The number of nitrogens with zero attached hydrogens (tertiary/aromatic N) is 1. The number of hydrogen-bond donors (Lipinski definition) is 0. The summed E-state index contributed by atoms with van der Waals surface area (Å²) in [5.74, 6) is 0.999. The minimum atomic E-state index is 0.384. The lowest BCUT2D eigenvalue weighted by atomic mass is 9.72. The van der Waals surface area contributed by atoms with Gasteiger partial charge in [0.25, 0.3) is 0 Å². The lowest BCUT2D eigenvalue weighted by molar-refractivity contribution is 0.0349. The first kappa shape index (κ1) is 16.7. The van der Waals surface area contributed by atoms with E-state index >= 15 is 0 Å². The molecule has 2 heteroatoms. The molecule has 2 aromatic rings. The summed E-state index contributed by atoms with van der Waals surface area (Å²) in [7, 11) is 1.76. The molecule has 0 saturated carbocycles. The maximum atomic E-state index is 5.42. The third kappa shape index (κ3) is 3.46. The van der Waals surface area contributed by atoms with Crippen molar-refractivity contribution in [3.63, 3.8) is 0 Å². The quantitative estimate of drug-likeness (QED) is 0.806. The molecule has 0 amide bonds. The molecule has 1 spiro atoms. The molecule has 0 radical (unpaired) electrons. The van der Waals surface area contributed by atoms with E-state index in [4.69, 9.17) is 4.74 Å². The van der Waals surface area contributed by atoms with Crippen molar-refractivity contribution in [1.82, 2.24) is 4.90 Å². The Labute approximate surface area is 151 Å². The summed E-state index contributed by atoms with van der Waals surface area (Å²) < 4.78 is 5.42. The molecule has 2 aromatic carbocycles. The Hall–Kier alpha value is -1.80. The van der Waals surface area contributed by atoms with Gasteiger partial charge in [-0.25, -0.2) is 0 Å². The first-order chi connectivity index (χ1) is 12.3. The Balaban J connectivity index is 1.51. The summed E-state index contributed by atoms with van der Waals surface area (Å²) >= 11 is 0. The highest BCUT2D eigenvalue weighted by molar-refractivity contribution is 5.39. The number of fused-ring (bicyclic) bond motifs is 1. The molecule has 132 valence electrons. The third-order valence-corrected chi connectivity index (χ3v) is 6.30. The van der Waals surface area contributed by atoms with Gasteiger partial charge < -0.3 is 4.74 Å². The normalized spacial score (nSPS) is 23.4. The topological polar surface area (TPSA) is 12.5 Å². The van der Waals surface area contributed by atoms with Crippen molar-refractivity contribution >= 4 is 0 Å². The molecule has 4 rings (SSSR count). The monoisotopic (exact) mass is 335 g/mol. The van der Waals surface area contributed by atoms with Gasteiger partial charge in [-0.15, -0.1) is 0 Å². The molecule has 1 saturated heterocycles. The molecule has 2 nitrogen and oxygen atoms in total. The molecule has 1 fully saturated rings. The molecular formula is C23H29NO. The summed E-state index contributed by atoms with van der Waals surface area (Å²) in [6.07, 6.45) is 8.95. The maximum Gasteiger partial charge on any atom is 0.119 e. The molecular weight excluding hydrogens is 306 g/mol. The van der Waals surface area contributed by atoms with E-state index in [0.717, 1.165) is 12.2 Å². The van der Waals surface area contributed by atoms with E-state index in [2.05, 4.69) is 53.4 Å². The van der Waals surface area contributed by atoms with Crippen LogP contribution in [0.5, 0.6) is 5.75 Å². The van der Waals surface area contributed by atoms with Crippen molar-refractivity contribution in [2.75, 3.05) is 20.2 Å². The Kier molecular flexibility index (Phi) is 4.80. The zero-order valence-electron chi connectivity index (χ0n) is 15.3. The van der Waals surface area contributed by atoms with Gasteiger partial charge >= 0.3 is 0 Å². The second kappa shape index (κ2) is 7.21. The van der Waals surface area contributed by atoms with Crippen LogP contribution in [-0.4, -0.2) is 30.6 Å². The SMILES string of the molecule is COc1ccc2c(c1)CCC1(CCCCN1CCc1ccccc1)C2. The van der Waals surface area contributed by atoms with Crippen LogP contribution < -0.4 is 4.74 Å². The first-order valence-corrected chi connectivity index (χ1v) is 9.74. The lowest BCUT2D eigenvalue weighted by Crippen LogP contribution is -2.55. The Morgan fingerprint density at radius 1 is 1.00 bits per heavy atom. The number of ether oxygens (including phenoxy) is 1. The predicted octanol–water partition coefficient (Wildman–Crippen LogP) is 4.65. The zero-order valence-corrected chi connectivity index (χ0v) is 15.3.